The third kappa shape index (κ3) is 5.35. The van der Waals surface area contributed by atoms with E-state index in [1.807, 2.05) is 37.3 Å². The molecule has 3 nitrogen and oxygen atoms in total. The lowest BCUT2D eigenvalue weighted by Gasteiger charge is -2.25. The number of hydrogen-bond donors (Lipinski definition) is 0. The normalized spacial score (nSPS) is 25.5. The number of carbonyl (C=O) groups excluding carboxylic acids is 1. The van der Waals surface area contributed by atoms with Gasteiger partial charge < -0.3 is 9.47 Å². The molecule has 0 fully saturated rings. The Kier molecular flexibility index (Phi) is 6.00. The van der Waals surface area contributed by atoms with Crippen LogP contribution in [0.1, 0.15) is 32.3 Å². The molecule has 3 atom stereocenters. The lowest BCUT2D eigenvalue weighted by molar-refractivity contribution is -0.153. The van der Waals surface area contributed by atoms with Crippen LogP contribution in [0.3, 0.4) is 0 Å². The topological polar surface area (TPSA) is 35.5 Å². The van der Waals surface area contributed by atoms with Crippen LogP contribution in [0.25, 0.3) is 0 Å². The maximum atomic E-state index is 11.8. The van der Waals surface area contributed by atoms with Gasteiger partial charge in [0.05, 0.1) is 19.6 Å². The third-order valence-electron chi connectivity index (χ3n) is 3.73. The zero-order chi connectivity index (χ0) is 15.1. The smallest absolute Gasteiger partial charge is 0.306 e. The SMILES string of the molecule is C[C@H]1/C=C\C[C@@H]([C@@H](C)COCc2ccccc2)OC(=O)C1. The first-order valence-corrected chi connectivity index (χ1v) is 7.63. The second kappa shape index (κ2) is 7.99. The molecule has 0 saturated carbocycles. The van der Waals surface area contributed by atoms with Gasteiger partial charge in [0.25, 0.3) is 0 Å². The largest absolute Gasteiger partial charge is 0.462 e. The van der Waals surface area contributed by atoms with Crippen LogP contribution >= 0.6 is 0 Å². The molecule has 3 heteroatoms. The number of cyclic esters (lactones) is 1. The molecule has 0 saturated heterocycles. The average Bonchev–Trinajstić information content (AvgIpc) is 2.45. The van der Waals surface area contributed by atoms with E-state index in [-0.39, 0.29) is 23.9 Å². The molecular formula is C18H24O3. The van der Waals surface area contributed by atoms with Crippen LogP contribution in [0.5, 0.6) is 0 Å². The summed E-state index contributed by atoms with van der Waals surface area (Å²) in [7, 11) is 0. The van der Waals surface area contributed by atoms with Gasteiger partial charge in [0, 0.05) is 12.3 Å². The van der Waals surface area contributed by atoms with Crippen molar-refractivity contribution in [3.63, 3.8) is 0 Å². The van der Waals surface area contributed by atoms with Crippen molar-refractivity contribution in [2.24, 2.45) is 11.8 Å². The van der Waals surface area contributed by atoms with E-state index in [2.05, 4.69) is 19.1 Å². The molecule has 0 unspecified atom stereocenters. The van der Waals surface area contributed by atoms with Crippen molar-refractivity contribution in [3.8, 4) is 0 Å². The fourth-order valence-electron chi connectivity index (χ4n) is 2.43. The first-order chi connectivity index (χ1) is 10.1. The van der Waals surface area contributed by atoms with Gasteiger partial charge >= 0.3 is 5.97 Å². The van der Waals surface area contributed by atoms with E-state index in [1.54, 1.807) is 0 Å². The molecule has 21 heavy (non-hydrogen) atoms. The lowest BCUT2D eigenvalue weighted by Crippen LogP contribution is -2.29. The van der Waals surface area contributed by atoms with Crippen LogP contribution in [0.2, 0.25) is 0 Å². The standard InChI is InChI=1S/C18H24O3/c1-14-7-6-10-17(21-18(19)11-14)15(2)12-20-13-16-8-4-3-5-9-16/h3-9,14-15,17H,10-13H2,1-2H3/b7-6-/t14-,15-,17-/m0/s1. The van der Waals surface area contributed by atoms with Crippen LogP contribution in [-0.4, -0.2) is 18.7 Å². The third-order valence-corrected chi connectivity index (χ3v) is 3.73. The summed E-state index contributed by atoms with van der Waals surface area (Å²) in [5, 5.41) is 0. The van der Waals surface area contributed by atoms with E-state index in [0.29, 0.717) is 19.6 Å². The number of allylic oxidation sites excluding steroid dienone is 1. The van der Waals surface area contributed by atoms with Gasteiger partial charge in [0.15, 0.2) is 0 Å². The minimum atomic E-state index is -0.105. The molecule has 0 aromatic heterocycles. The minimum Gasteiger partial charge on any atom is -0.462 e. The number of hydrogen-bond acceptors (Lipinski definition) is 3. The van der Waals surface area contributed by atoms with Gasteiger partial charge in [0.1, 0.15) is 6.10 Å². The Balaban J connectivity index is 1.80. The van der Waals surface area contributed by atoms with E-state index in [4.69, 9.17) is 9.47 Å². The monoisotopic (exact) mass is 288 g/mol. The summed E-state index contributed by atoms with van der Waals surface area (Å²) in [5.41, 5.74) is 1.16. The molecular weight excluding hydrogens is 264 g/mol. The highest BCUT2D eigenvalue weighted by atomic mass is 16.5. The summed E-state index contributed by atoms with van der Waals surface area (Å²) < 4.78 is 11.3. The first-order valence-electron chi connectivity index (χ1n) is 7.63. The Morgan fingerprint density at radius 1 is 1.33 bits per heavy atom. The predicted molar refractivity (Wildman–Crippen MR) is 82.7 cm³/mol. The summed E-state index contributed by atoms with van der Waals surface area (Å²) in [5.74, 6) is 0.352. The van der Waals surface area contributed by atoms with Gasteiger partial charge in [-0.1, -0.05) is 56.3 Å². The Labute approximate surface area is 127 Å². The van der Waals surface area contributed by atoms with Crippen molar-refractivity contribution in [3.05, 3.63) is 48.0 Å². The summed E-state index contributed by atoms with van der Waals surface area (Å²) in [6, 6.07) is 10.1. The maximum absolute atomic E-state index is 11.8. The van der Waals surface area contributed by atoms with E-state index >= 15 is 0 Å². The fourth-order valence-corrected chi connectivity index (χ4v) is 2.43. The van der Waals surface area contributed by atoms with Crippen molar-refractivity contribution in [2.75, 3.05) is 6.61 Å². The number of ether oxygens (including phenoxy) is 2. The summed E-state index contributed by atoms with van der Waals surface area (Å²) in [6.07, 6.45) is 5.37. The molecule has 0 aliphatic carbocycles. The Morgan fingerprint density at radius 2 is 2.10 bits per heavy atom. The number of benzene rings is 1. The fraction of sp³-hybridized carbons (Fsp3) is 0.500. The van der Waals surface area contributed by atoms with Crippen molar-refractivity contribution in [1.29, 1.82) is 0 Å². The Hall–Kier alpha value is -1.61. The Morgan fingerprint density at radius 3 is 2.86 bits per heavy atom. The highest BCUT2D eigenvalue weighted by Gasteiger charge is 2.23. The molecule has 0 amide bonds. The molecule has 0 spiro atoms. The summed E-state index contributed by atoms with van der Waals surface area (Å²) >= 11 is 0. The molecule has 1 heterocycles. The Bertz CT molecular complexity index is 467. The van der Waals surface area contributed by atoms with Crippen LogP contribution in [0.4, 0.5) is 0 Å². The molecule has 1 aliphatic rings. The van der Waals surface area contributed by atoms with Crippen molar-refractivity contribution in [1.82, 2.24) is 0 Å². The zero-order valence-electron chi connectivity index (χ0n) is 12.8. The highest BCUT2D eigenvalue weighted by Crippen LogP contribution is 2.19. The molecule has 1 aliphatic heterocycles. The summed E-state index contributed by atoms with van der Waals surface area (Å²) in [6.45, 7) is 5.29. The molecule has 1 aromatic carbocycles. The van der Waals surface area contributed by atoms with Gasteiger partial charge in [0.2, 0.25) is 0 Å². The van der Waals surface area contributed by atoms with Crippen LogP contribution in [0.15, 0.2) is 42.5 Å². The molecule has 0 bridgehead atoms. The van der Waals surface area contributed by atoms with Gasteiger partial charge in [-0.2, -0.15) is 0 Å². The molecule has 1 aromatic rings. The number of rotatable bonds is 5. The quantitative estimate of drug-likeness (QED) is 0.611. The average molecular weight is 288 g/mol. The number of carbonyl (C=O) groups is 1. The van der Waals surface area contributed by atoms with E-state index in [1.165, 1.54) is 0 Å². The van der Waals surface area contributed by atoms with Crippen LogP contribution in [0, 0.1) is 11.8 Å². The highest BCUT2D eigenvalue weighted by molar-refractivity contribution is 5.70. The van der Waals surface area contributed by atoms with Crippen molar-refractivity contribution < 1.29 is 14.3 Å². The zero-order valence-corrected chi connectivity index (χ0v) is 12.8. The van der Waals surface area contributed by atoms with Gasteiger partial charge in [-0.05, 0) is 11.5 Å². The molecule has 0 N–H and O–H groups in total. The summed E-state index contributed by atoms with van der Waals surface area (Å²) in [4.78, 5) is 11.8. The van der Waals surface area contributed by atoms with Crippen molar-refractivity contribution >= 4 is 5.97 Å². The van der Waals surface area contributed by atoms with Gasteiger partial charge in [-0.3, -0.25) is 4.79 Å². The van der Waals surface area contributed by atoms with Crippen LogP contribution in [-0.2, 0) is 20.9 Å². The van der Waals surface area contributed by atoms with E-state index in [9.17, 15) is 4.79 Å². The first kappa shape index (κ1) is 15.8. The van der Waals surface area contributed by atoms with Crippen molar-refractivity contribution in [2.45, 2.75) is 39.4 Å². The predicted octanol–water partition coefficient (Wildman–Crippen LogP) is 3.74. The van der Waals surface area contributed by atoms with Gasteiger partial charge in [-0.15, -0.1) is 0 Å². The van der Waals surface area contributed by atoms with Gasteiger partial charge in [-0.25, -0.2) is 0 Å². The maximum Gasteiger partial charge on any atom is 0.306 e. The minimum absolute atomic E-state index is 0.0861. The van der Waals surface area contributed by atoms with Crippen LogP contribution < -0.4 is 0 Å². The second-order valence-corrected chi connectivity index (χ2v) is 5.85. The molecule has 2 rings (SSSR count). The van der Waals surface area contributed by atoms with E-state index < -0.39 is 0 Å². The lowest BCUT2D eigenvalue weighted by atomic mass is 9.98. The molecule has 114 valence electrons. The molecule has 0 radical (unpaired) electrons. The van der Waals surface area contributed by atoms with E-state index in [0.717, 1.165) is 12.0 Å². The second-order valence-electron chi connectivity index (χ2n) is 5.85. The number of esters is 1.